The number of amides is 1. The molecule has 9 heteroatoms. The molecule has 2 aliphatic rings. The third kappa shape index (κ3) is 6.97. The Balaban J connectivity index is 1.21. The normalized spacial score (nSPS) is 16.3. The van der Waals surface area contributed by atoms with Gasteiger partial charge in [0.25, 0.3) is 0 Å². The predicted octanol–water partition coefficient (Wildman–Crippen LogP) is 3.99. The molecule has 194 valence electrons. The van der Waals surface area contributed by atoms with Crippen LogP contribution in [0.4, 0.5) is 27.7 Å². The molecule has 37 heavy (non-hydrogen) atoms. The predicted molar refractivity (Wildman–Crippen MR) is 146 cm³/mol. The molecule has 0 radical (unpaired) electrons. The third-order valence-corrected chi connectivity index (χ3v) is 6.57. The number of morpholine rings is 1. The highest BCUT2D eigenvalue weighted by atomic mass is 16.6. The molecule has 1 aromatic heterocycles. The van der Waals surface area contributed by atoms with Gasteiger partial charge in [0.05, 0.1) is 13.2 Å². The highest BCUT2D eigenvalue weighted by Crippen LogP contribution is 2.26. The fraction of sp³-hybridized carbons (Fsp3) is 0.357. The smallest absolute Gasteiger partial charge is 0.410 e. The minimum Gasteiger partial charge on any atom is -0.410 e. The van der Waals surface area contributed by atoms with Gasteiger partial charge < -0.3 is 25.0 Å². The maximum absolute atomic E-state index is 12.6. The van der Waals surface area contributed by atoms with Crippen molar-refractivity contribution < 1.29 is 14.3 Å². The molecular weight excluding hydrogens is 468 g/mol. The molecule has 3 heterocycles. The number of piperazine rings is 1. The van der Waals surface area contributed by atoms with E-state index >= 15 is 0 Å². The van der Waals surface area contributed by atoms with Crippen molar-refractivity contribution in [3.8, 4) is 5.75 Å². The first-order chi connectivity index (χ1) is 18.1. The molecule has 0 bridgehead atoms. The Morgan fingerprint density at radius 2 is 1.86 bits per heavy atom. The zero-order valence-electron chi connectivity index (χ0n) is 21.2. The van der Waals surface area contributed by atoms with E-state index < -0.39 is 6.09 Å². The minimum atomic E-state index is -0.549. The van der Waals surface area contributed by atoms with Crippen LogP contribution in [0, 0.1) is 6.92 Å². The van der Waals surface area contributed by atoms with E-state index in [0.29, 0.717) is 24.7 Å². The van der Waals surface area contributed by atoms with Crippen LogP contribution in [-0.4, -0.2) is 68.5 Å². The van der Waals surface area contributed by atoms with Gasteiger partial charge in [-0.3, -0.25) is 10.2 Å². The maximum atomic E-state index is 12.6. The van der Waals surface area contributed by atoms with Crippen LogP contribution in [0.2, 0.25) is 0 Å². The SMILES string of the molecule is Cc1ccc(NC(=O)Oc2ccnc(N3CCOCC3)c2)cc1Nc1cccc(CN2CCNCC2)c1. The summed E-state index contributed by atoms with van der Waals surface area (Å²) in [4.78, 5) is 21.6. The summed E-state index contributed by atoms with van der Waals surface area (Å²) in [6.45, 7) is 10.0. The number of nitrogens with one attached hydrogen (secondary N) is 3. The molecule has 3 aromatic rings. The maximum Gasteiger partial charge on any atom is 0.417 e. The molecule has 5 rings (SSSR count). The molecule has 9 nitrogen and oxygen atoms in total. The number of ether oxygens (including phenoxy) is 2. The van der Waals surface area contributed by atoms with Crippen molar-refractivity contribution in [2.45, 2.75) is 13.5 Å². The van der Waals surface area contributed by atoms with E-state index in [2.05, 4.69) is 55.0 Å². The minimum absolute atomic E-state index is 0.445. The summed E-state index contributed by atoms with van der Waals surface area (Å²) in [5.41, 5.74) is 4.95. The summed E-state index contributed by atoms with van der Waals surface area (Å²) in [6, 6.07) is 17.7. The van der Waals surface area contributed by atoms with Gasteiger partial charge in [-0.05, 0) is 48.4 Å². The number of hydrogen-bond acceptors (Lipinski definition) is 8. The topological polar surface area (TPSA) is 91.0 Å². The number of nitrogens with zero attached hydrogens (tertiary/aromatic N) is 3. The molecule has 0 unspecified atom stereocenters. The Labute approximate surface area is 217 Å². The zero-order valence-corrected chi connectivity index (χ0v) is 21.2. The van der Waals surface area contributed by atoms with Crippen LogP contribution < -0.4 is 25.6 Å². The standard InChI is InChI=1S/C28H34N6O3/c1-21-5-6-24(32-28(35)37-25-7-8-30-27(19-25)34-13-15-36-16-14-34)18-26(21)31-23-4-2-3-22(17-23)20-33-11-9-29-10-12-33/h2-8,17-19,29,31H,9-16,20H2,1H3,(H,32,35). The van der Waals surface area contributed by atoms with E-state index in [4.69, 9.17) is 9.47 Å². The van der Waals surface area contributed by atoms with E-state index in [1.807, 2.05) is 25.1 Å². The number of benzene rings is 2. The molecular formula is C28H34N6O3. The fourth-order valence-electron chi connectivity index (χ4n) is 4.54. The number of hydrogen-bond donors (Lipinski definition) is 3. The van der Waals surface area contributed by atoms with Crippen LogP contribution in [0.5, 0.6) is 5.75 Å². The van der Waals surface area contributed by atoms with Crippen LogP contribution >= 0.6 is 0 Å². The fourth-order valence-corrected chi connectivity index (χ4v) is 4.54. The van der Waals surface area contributed by atoms with E-state index in [1.165, 1.54) is 5.56 Å². The lowest BCUT2D eigenvalue weighted by Crippen LogP contribution is -2.42. The van der Waals surface area contributed by atoms with E-state index in [0.717, 1.165) is 68.6 Å². The number of carbonyl (C=O) groups is 1. The largest absolute Gasteiger partial charge is 0.417 e. The van der Waals surface area contributed by atoms with Crippen molar-refractivity contribution in [1.82, 2.24) is 15.2 Å². The highest BCUT2D eigenvalue weighted by Gasteiger charge is 2.15. The summed E-state index contributed by atoms with van der Waals surface area (Å²) in [5.74, 6) is 1.22. The quantitative estimate of drug-likeness (QED) is 0.447. The van der Waals surface area contributed by atoms with Crippen molar-refractivity contribution in [1.29, 1.82) is 0 Å². The van der Waals surface area contributed by atoms with Gasteiger partial charge in [0, 0.05) is 75.1 Å². The van der Waals surface area contributed by atoms with Gasteiger partial charge in [0.1, 0.15) is 11.6 Å². The molecule has 2 aliphatic heterocycles. The molecule has 3 N–H and O–H groups in total. The van der Waals surface area contributed by atoms with Gasteiger partial charge in [0.15, 0.2) is 0 Å². The Hall–Kier alpha value is -3.66. The second-order valence-electron chi connectivity index (χ2n) is 9.34. The van der Waals surface area contributed by atoms with Crippen LogP contribution in [-0.2, 0) is 11.3 Å². The Bertz CT molecular complexity index is 1210. The van der Waals surface area contributed by atoms with E-state index in [-0.39, 0.29) is 0 Å². The van der Waals surface area contributed by atoms with Crippen LogP contribution in [0.3, 0.4) is 0 Å². The van der Waals surface area contributed by atoms with Crippen molar-refractivity contribution in [2.24, 2.45) is 0 Å². The molecule has 0 atom stereocenters. The second-order valence-corrected chi connectivity index (χ2v) is 9.34. The number of rotatable bonds is 7. The lowest BCUT2D eigenvalue weighted by Gasteiger charge is -2.27. The van der Waals surface area contributed by atoms with Gasteiger partial charge in [-0.2, -0.15) is 0 Å². The first kappa shape index (κ1) is 25.0. The van der Waals surface area contributed by atoms with Crippen molar-refractivity contribution >= 4 is 29.0 Å². The molecule has 0 spiro atoms. The molecule has 0 aliphatic carbocycles. The average molecular weight is 503 g/mol. The highest BCUT2D eigenvalue weighted by molar-refractivity contribution is 5.87. The lowest BCUT2D eigenvalue weighted by atomic mass is 10.1. The zero-order chi connectivity index (χ0) is 25.5. The van der Waals surface area contributed by atoms with Gasteiger partial charge in [-0.1, -0.05) is 18.2 Å². The Kier molecular flexibility index (Phi) is 8.15. The Morgan fingerprint density at radius 3 is 2.70 bits per heavy atom. The number of aromatic nitrogens is 1. The van der Waals surface area contributed by atoms with Crippen molar-refractivity contribution in [3.05, 3.63) is 71.9 Å². The second kappa shape index (κ2) is 12.1. The number of carbonyl (C=O) groups excluding carboxylic acids is 1. The number of aryl methyl sites for hydroxylation is 1. The number of anilines is 4. The van der Waals surface area contributed by atoms with Gasteiger partial charge in [-0.25, -0.2) is 9.78 Å². The van der Waals surface area contributed by atoms with Crippen molar-refractivity contribution in [2.75, 3.05) is 68.0 Å². The first-order valence-corrected chi connectivity index (χ1v) is 12.8. The van der Waals surface area contributed by atoms with E-state index in [1.54, 1.807) is 18.3 Å². The van der Waals surface area contributed by atoms with Gasteiger partial charge in [-0.15, -0.1) is 0 Å². The molecule has 2 aromatic carbocycles. The summed E-state index contributed by atoms with van der Waals surface area (Å²) < 4.78 is 10.9. The monoisotopic (exact) mass is 502 g/mol. The summed E-state index contributed by atoms with van der Waals surface area (Å²) in [6.07, 6.45) is 1.10. The average Bonchev–Trinajstić information content (AvgIpc) is 2.92. The van der Waals surface area contributed by atoms with Gasteiger partial charge >= 0.3 is 6.09 Å². The summed E-state index contributed by atoms with van der Waals surface area (Å²) >= 11 is 0. The number of pyridine rings is 1. The summed E-state index contributed by atoms with van der Waals surface area (Å²) in [7, 11) is 0. The molecule has 2 fully saturated rings. The third-order valence-electron chi connectivity index (χ3n) is 6.57. The lowest BCUT2D eigenvalue weighted by molar-refractivity contribution is 0.122. The summed E-state index contributed by atoms with van der Waals surface area (Å²) in [5, 5.41) is 9.75. The Morgan fingerprint density at radius 1 is 1.03 bits per heavy atom. The first-order valence-electron chi connectivity index (χ1n) is 12.8. The van der Waals surface area contributed by atoms with Crippen LogP contribution in [0.15, 0.2) is 60.8 Å². The molecule has 0 saturated carbocycles. The molecule has 2 saturated heterocycles. The van der Waals surface area contributed by atoms with Crippen molar-refractivity contribution in [3.63, 3.8) is 0 Å². The molecule has 1 amide bonds. The van der Waals surface area contributed by atoms with E-state index in [9.17, 15) is 4.79 Å². The van der Waals surface area contributed by atoms with Gasteiger partial charge in [0.2, 0.25) is 0 Å². The van der Waals surface area contributed by atoms with Crippen LogP contribution in [0.25, 0.3) is 0 Å². The van der Waals surface area contributed by atoms with Crippen LogP contribution in [0.1, 0.15) is 11.1 Å².